The fourth-order valence-electron chi connectivity index (χ4n) is 9.75. The van der Waals surface area contributed by atoms with Crippen LogP contribution in [0, 0.1) is 46.8 Å². The molecule has 0 heterocycles. The maximum atomic E-state index is 14.1. The third kappa shape index (κ3) is 5.18. The van der Waals surface area contributed by atoms with Gasteiger partial charge in [-0.3, -0.25) is 0 Å². The molecule has 4 aliphatic rings. The highest BCUT2D eigenvalue weighted by Gasteiger charge is 2.58. The number of fused-ring (bicyclic) bond motifs is 5. The molecule has 4 aliphatic carbocycles. The molecule has 0 amide bonds. The first kappa shape index (κ1) is 29.3. The zero-order chi connectivity index (χ0) is 28.2. The zero-order valence-electron chi connectivity index (χ0n) is 24.9. The Morgan fingerprint density at radius 2 is 1.72 bits per heavy atom. The second-order valence-corrected chi connectivity index (χ2v) is 16.5. The van der Waals surface area contributed by atoms with E-state index in [1.54, 1.807) is 24.3 Å². The molecule has 0 aromatic heterocycles. The standard InChI is InChI=1S/C34H52O4S/c1-6-34(36)19-17-26-24(21-34)12-13-28-27(26)16-18-33(5)29(14-15-30(28)33)23(4)32(20-31(35)22(2)3)39(37,38)25-10-8-7-9-11-25/h7-12,22-23,26-32,35-36H,6,13-21H2,1-5H3/t23-,26-,27?,28+,29?,30?,31-,32?,33+,34-/m0/s1. The summed E-state index contributed by atoms with van der Waals surface area (Å²) >= 11 is 0. The number of hydrogen-bond acceptors (Lipinski definition) is 4. The molecule has 4 unspecified atom stereocenters. The molecule has 3 saturated carbocycles. The van der Waals surface area contributed by atoms with Crippen LogP contribution in [0.5, 0.6) is 0 Å². The summed E-state index contributed by atoms with van der Waals surface area (Å²) in [6, 6.07) is 8.91. The van der Waals surface area contributed by atoms with Crippen LogP contribution in [0.25, 0.3) is 0 Å². The molecule has 5 heteroatoms. The fraction of sp³-hybridized carbons (Fsp3) is 0.765. The molecule has 10 atom stereocenters. The van der Waals surface area contributed by atoms with Gasteiger partial charge < -0.3 is 10.2 Å². The van der Waals surface area contributed by atoms with Crippen molar-refractivity contribution < 1.29 is 18.6 Å². The Morgan fingerprint density at radius 3 is 2.38 bits per heavy atom. The molecule has 218 valence electrons. The van der Waals surface area contributed by atoms with E-state index in [2.05, 4.69) is 26.8 Å². The monoisotopic (exact) mass is 556 g/mol. The highest BCUT2D eigenvalue weighted by molar-refractivity contribution is 7.92. The first-order valence-corrected chi connectivity index (χ1v) is 17.3. The van der Waals surface area contributed by atoms with Gasteiger partial charge in [-0.25, -0.2) is 8.42 Å². The van der Waals surface area contributed by atoms with Crippen LogP contribution < -0.4 is 0 Å². The van der Waals surface area contributed by atoms with Crippen molar-refractivity contribution in [2.75, 3.05) is 0 Å². The van der Waals surface area contributed by atoms with E-state index in [9.17, 15) is 18.6 Å². The van der Waals surface area contributed by atoms with Crippen molar-refractivity contribution in [3.05, 3.63) is 42.0 Å². The number of aliphatic hydroxyl groups is 2. The summed E-state index contributed by atoms with van der Waals surface area (Å²) < 4.78 is 28.2. The van der Waals surface area contributed by atoms with Gasteiger partial charge in [0, 0.05) is 0 Å². The van der Waals surface area contributed by atoms with Crippen LogP contribution in [0.3, 0.4) is 0 Å². The number of hydrogen-bond donors (Lipinski definition) is 2. The van der Waals surface area contributed by atoms with Gasteiger partial charge in [-0.1, -0.05) is 64.5 Å². The number of sulfone groups is 1. The molecule has 1 aromatic rings. The molecule has 39 heavy (non-hydrogen) atoms. The average molecular weight is 557 g/mol. The highest BCUT2D eigenvalue weighted by Crippen LogP contribution is 2.65. The maximum Gasteiger partial charge on any atom is 0.181 e. The van der Waals surface area contributed by atoms with E-state index < -0.39 is 26.8 Å². The van der Waals surface area contributed by atoms with Crippen molar-refractivity contribution in [1.82, 2.24) is 0 Å². The van der Waals surface area contributed by atoms with Gasteiger partial charge in [0.15, 0.2) is 9.84 Å². The molecule has 0 radical (unpaired) electrons. The highest BCUT2D eigenvalue weighted by atomic mass is 32.2. The summed E-state index contributed by atoms with van der Waals surface area (Å²) in [5, 5.41) is 21.3. The third-order valence-electron chi connectivity index (χ3n) is 12.3. The molecule has 0 spiro atoms. The smallest absolute Gasteiger partial charge is 0.181 e. The average Bonchev–Trinajstić information content (AvgIpc) is 3.28. The minimum Gasteiger partial charge on any atom is -0.393 e. The SMILES string of the molecule is CC[C@]1(O)CC[C@H]2C(=CC[C@@H]3C2CC[C@]2(C)C([C@H](C)C(C[C@H](O)C(C)C)S(=O)(=O)c4ccccc4)CCC32)C1. The molecule has 0 saturated heterocycles. The number of benzene rings is 1. The topological polar surface area (TPSA) is 74.6 Å². The van der Waals surface area contributed by atoms with Crippen molar-refractivity contribution in [2.24, 2.45) is 46.8 Å². The Bertz CT molecular complexity index is 1140. The predicted molar refractivity (Wildman–Crippen MR) is 158 cm³/mol. The summed E-state index contributed by atoms with van der Waals surface area (Å²) in [5.74, 6) is 3.00. The molecule has 4 nitrogen and oxygen atoms in total. The van der Waals surface area contributed by atoms with Crippen molar-refractivity contribution in [2.45, 2.75) is 121 Å². The van der Waals surface area contributed by atoms with Gasteiger partial charge >= 0.3 is 0 Å². The molecular formula is C34H52O4S. The van der Waals surface area contributed by atoms with Gasteiger partial charge in [0.1, 0.15) is 0 Å². The Balaban J connectivity index is 1.41. The number of aliphatic hydroxyl groups excluding tert-OH is 1. The van der Waals surface area contributed by atoms with Crippen LogP contribution in [0.1, 0.15) is 98.8 Å². The summed E-state index contributed by atoms with van der Waals surface area (Å²) in [6.07, 6.45) is 11.7. The van der Waals surface area contributed by atoms with Gasteiger partial charge in [-0.05, 0) is 123 Å². The van der Waals surface area contributed by atoms with Gasteiger partial charge in [0.05, 0.1) is 21.9 Å². The minimum absolute atomic E-state index is 0.0147. The summed E-state index contributed by atoms with van der Waals surface area (Å²) in [7, 11) is -3.58. The van der Waals surface area contributed by atoms with E-state index in [0.29, 0.717) is 40.9 Å². The van der Waals surface area contributed by atoms with E-state index in [0.717, 1.165) is 38.5 Å². The van der Waals surface area contributed by atoms with E-state index in [1.165, 1.54) is 24.8 Å². The third-order valence-corrected chi connectivity index (χ3v) is 14.6. The molecular weight excluding hydrogens is 504 g/mol. The Labute approximate surface area is 237 Å². The molecule has 0 bridgehead atoms. The second-order valence-electron chi connectivity index (χ2n) is 14.4. The van der Waals surface area contributed by atoms with Crippen molar-refractivity contribution in [1.29, 1.82) is 0 Å². The molecule has 1 aromatic carbocycles. The lowest BCUT2D eigenvalue weighted by atomic mass is 9.50. The normalized spacial score (nSPS) is 38.8. The largest absolute Gasteiger partial charge is 0.393 e. The van der Waals surface area contributed by atoms with Gasteiger partial charge in [-0.15, -0.1) is 0 Å². The Morgan fingerprint density at radius 1 is 1.00 bits per heavy atom. The molecule has 0 aliphatic heterocycles. The van der Waals surface area contributed by atoms with E-state index in [4.69, 9.17) is 0 Å². The van der Waals surface area contributed by atoms with E-state index in [1.807, 2.05) is 19.9 Å². The Hall–Kier alpha value is -1.17. The number of rotatable bonds is 8. The summed E-state index contributed by atoms with van der Waals surface area (Å²) in [5.41, 5.74) is 1.15. The molecule has 3 fully saturated rings. The molecule has 5 rings (SSSR count). The first-order chi connectivity index (χ1) is 18.4. The lowest BCUT2D eigenvalue weighted by molar-refractivity contribution is -0.0464. The quantitative estimate of drug-likeness (QED) is 0.332. The first-order valence-electron chi connectivity index (χ1n) is 15.8. The second kappa shape index (κ2) is 10.9. The van der Waals surface area contributed by atoms with Gasteiger partial charge in [0.25, 0.3) is 0 Å². The predicted octanol–water partition coefficient (Wildman–Crippen LogP) is 7.20. The van der Waals surface area contributed by atoms with Crippen LogP contribution in [0.2, 0.25) is 0 Å². The Kier molecular flexibility index (Phi) is 8.20. The molecule has 2 N–H and O–H groups in total. The van der Waals surface area contributed by atoms with Crippen molar-refractivity contribution in [3.8, 4) is 0 Å². The van der Waals surface area contributed by atoms with E-state index in [-0.39, 0.29) is 17.3 Å². The maximum absolute atomic E-state index is 14.1. The lowest BCUT2D eigenvalue weighted by Gasteiger charge is -2.55. The number of allylic oxidation sites excluding steroid dienone is 1. The zero-order valence-corrected chi connectivity index (χ0v) is 25.7. The van der Waals surface area contributed by atoms with Crippen LogP contribution in [0.4, 0.5) is 0 Å². The van der Waals surface area contributed by atoms with Gasteiger partial charge in [0.2, 0.25) is 0 Å². The van der Waals surface area contributed by atoms with Crippen LogP contribution in [-0.2, 0) is 9.84 Å². The summed E-state index contributed by atoms with van der Waals surface area (Å²) in [4.78, 5) is 0.385. The summed E-state index contributed by atoms with van der Waals surface area (Å²) in [6.45, 7) is 10.7. The van der Waals surface area contributed by atoms with Crippen LogP contribution >= 0.6 is 0 Å². The van der Waals surface area contributed by atoms with E-state index >= 15 is 0 Å². The minimum atomic E-state index is -3.58. The van der Waals surface area contributed by atoms with Gasteiger partial charge in [-0.2, -0.15) is 0 Å². The van der Waals surface area contributed by atoms with Crippen LogP contribution in [-0.4, -0.2) is 35.6 Å². The van der Waals surface area contributed by atoms with Crippen molar-refractivity contribution in [3.63, 3.8) is 0 Å². The lowest BCUT2D eigenvalue weighted by Crippen LogP contribution is -2.49. The fourth-order valence-corrected chi connectivity index (χ4v) is 11.8. The van der Waals surface area contributed by atoms with Crippen LogP contribution in [0.15, 0.2) is 46.9 Å². The van der Waals surface area contributed by atoms with Crippen molar-refractivity contribution >= 4 is 9.84 Å².